The zero-order valence-electron chi connectivity index (χ0n) is 12.9. The highest BCUT2D eigenvalue weighted by Gasteiger charge is 2.32. The normalized spacial score (nSPS) is 21.2. The van der Waals surface area contributed by atoms with Crippen molar-refractivity contribution in [1.82, 2.24) is 9.88 Å². The molecular formula is C16H22N4O2. The second-order valence-corrected chi connectivity index (χ2v) is 5.96. The SMILES string of the molecule is CC(=O)N1CCC[C@H]1C(=O)Nc1ccc(N2CCCC2)nc1. The zero-order valence-corrected chi connectivity index (χ0v) is 12.9. The molecule has 2 saturated heterocycles. The first kappa shape index (κ1) is 14.8. The molecule has 2 aliphatic heterocycles. The van der Waals surface area contributed by atoms with Crippen LogP contribution >= 0.6 is 0 Å². The molecule has 0 bridgehead atoms. The smallest absolute Gasteiger partial charge is 0.247 e. The van der Waals surface area contributed by atoms with Crippen LogP contribution in [0.3, 0.4) is 0 Å². The van der Waals surface area contributed by atoms with Gasteiger partial charge in [0, 0.05) is 26.6 Å². The second kappa shape index (κ2) is 6.34. The number of anilines is 2. The number of carbonyl (C=O) groups excluding carboxylic acids is 2. The highest BCUT2D eigenvalue weighted by molar-refractivity contribution is 5.97. The third-order valence-corrected chi connectivity index (χ3v) is 4.41. The summed E-state index contributed by atoms with van der Waals surface area (Å²) in [5.41, 5.74) is 0.684. The lowest BCUT2D eigenvalue weighted by molar-refractivity contribution is -0.134. The van der Waals surface area contributed by atoms with Gasteiger partial charge in [-0.15, -0.1) is 0 Å². The summed E-state index contributed by atoms with van der Waals surface area (Å²) in [4.78, 5) is 32.2. The van der Waals surface area contributed by atoms with Gasteiger partial charge in [-0.2, -0.15) is 0 Å². The molecule has 0 saturated carbocycles. The van der Waals surface area contributed by atoms with Crippen molar-refractivity contribution in [3.63, 3.8) is 0 Å². The quantitative estimate of drug-likeness (QED) is 0.921. The topological polar surface area (TPSA) is 65.5 Å². The van der Waals surface area contributed by atoms with E-state index >= 15 is 0 Å². The molecule has 1 aromatic heterocycles. The number of pyridine rings is 1. The molecule has 3 heterocycles. The summed E-state index contributed by atoms with van der Waals surface area (Å²) in [6.45, 7) is 4.28. The van der Waals surface area contributed by atoms with Gasteiger partial charge in [-0.1, -0.05) is 0 Å². The van der Waals surface area contributed by atoms with E-state index in [1.54, 1.807) is 11.1 Å². The van der Waals surface area contributed by atoms with E-state index in [0.717, 1.165) is 31.7 Å². The van der Waals surface area contributed by atoms with Gasteiger partial charge in [0.2, 0.25) is 11.8 Å². The van der Waals surface area contributed by atoms with Gasteiger partial charge in [0.15, 0.2) is 0 Å². The first-order valence-corrected chi connectivity index (χ1v) is 7.94. The molecule has 2 amide bonds. The van der Waals surface area contributed by atoms with Gasteiger partial charge in [-0.3, -0.25) is 9.59 Å². The number of hydrogen-bond donors (Lipinski definition) is 1. The standard InChI is InChI=1S/C16H22N4O2/c1-12(21)20-10-4-5-14(20)16(22)18-13-6-7-15(17-11-13)19-8-2-3-9-19/h6-7,11,14H,2-5,8-10H2,1H3,(H,18,22)/t14-/m0/s1. The Balaban J connectivity index is 1.62. The van der Waals surface area contributed by atoms with Crippen LogP contribution in [0.1, 0.15) is 32.6 Å². The van der Waals surface area contributed by atoms with E-state index in [1.807, 2.05) is 12.1 Å². The number of nitrogens with zero attached hydrogens (tertiary/aromatic N) is 3. The van der Waals surface area contributed by atoms with E-state index in [2.05, 4.69) is 15.2 Å². The van der Waals surface area contributed by atoms with Crippen molar-refractivity contribution in [3.05, 3.63) is 18.3 Å². The van der Waals surface area contributed by atoms with E-state index in [1.165, 1.54) is 19.8 Å². The van der Waals surface area contributed by atoms with Gasteiger partial charge >= 0.3 is 0 Å². The van der Waals surface area contributed by atoms with Crippen LogP contribution in [0.15, 0.2) is 18.3 Å². The minimum Gasteiger partial charge on any atom is -0.357 e. The van der Waals surface area contributed by atoms with Crippen molar-refractivity contribution in [3.8, 4) is 0 Å². The molecule has 1 N–H and O–H groups in total. The van der Waals surface area contributed by atoms with Crippen LogP contribution in [-0.2, 0) is 9.59 Å². The summed E-state index contributed by atoms with van der Waals surface area (Å²) >= 11 is 0. The summed E-state index contributed by atoms with van der Waals surface area (Å²) in [5.74, 6) is 0.797. The monoisotopic (exact) mass is 302 g/mol. The molecule has 3 rings (SSSR count). The van der Waals surface area contributed by atoms with E-state index in [4.69, 9.17) is 0 Å². The van der Waals surface area contributed by atoms with Crippen molar-refractivity contribution in [2.24, 2.45) is 0 Å². The van der Waals surface area contributed by atoms with Crippen LogP contribution in [0.25, 0.3) is 0 Å². The van der Waals surface area contributed by atoms with Gasteiger partial charge in [0.1, 0.15) is 11.9 Å². The number of amides is 2. The van der Waals surface area contributed by atoms with Gasteiger partial charge in [0.25, 0.3) is 0 Å². The van der Waals surface area contributed by atoms with Crippen molar-refractivity contribution < 1.29 is 9.59 Å². The number of carbonyl (C=O) groups is 2. The fourth-order valence-electron chi connectivity index (χ4n) is 3.24. The van der Waals surface area contributed by atoms with Crippen LogP contribution in [0.2, 0.25) is 0 Å². The minimum atomic E-state index is -0.351. The van der Waals surface area contributed by atoms with Crippen molar-refractivity contribution in [1.29, 1.82) is 0 Å². The molecule has 2 fully saturated rings. The van der Waals surface area contributed by atoms with Crippen LogP contribution in [0.5, 0.6) is 0 Å². The molecule has 0 spiro atoms. The van der Waals surface area contributed by atoms with E-state index in [9.17, 15) is 9.59 Å². The number of likely N-dealkylation sites (tertiary alicyclic amines) is 1. The molecule has 0 aromatic carbocycles. The number of rotatable bonds is 3. The fourth-order valence-corrected chi connectivity index (χ4v) is 3.24. The third kappa shape index (κ3) is 3.05. The average Bonchev–Trinajstić information content (AvgIpc) is 3.19. The molecule has 6 heteroatoms. The Morgan fingerprint density at radius 1 is 1.18 bits per heavy atom. The predicted octanol–water partition coefficient (Wildman–Crippen LogP) is 1.63. The molecule has 0 aliphatic carbocycles. The Morgan fingerprint density at radius 2 is 1.95 bits per heavy atom. The molecule has 22 heavy (non-hydrogen) atoms. The Labute approximate surface area is 130 Å². The van der Waals surface area contributed by atoms with Crippen molar-refractivity contribution in [2.75, 3.05) is 29.9 Å². The van der Waals surface area contributed by atoms with Gasteiger partial charge in [-0.05, 0) is 37.8 Å². The molecule has 1 atom stereocenters. The first-order valence-electron chi connectivity index (χ1n) is 7.94. The van der Waals surface area contributed by atoms with Gasteiger partial charge in [-0.25, -0.2) is 4.98 Å². The lowest BCUT2D eigenvalue weighted by Crippen LogP contribution is -2.42. The summed E-state index contributed by atoms with van der Waals surface area (Å²) in [6.07, 6.45) is 5.72. The largest absolute Gasteiger partial charge is 0.357 e. The molecule has 0 radical (unpaired) electrons. The lowest BCUT2D eigenvalue weighted by atomic mass is 10.2. The second-order valence-electron chi connectivity index (χ2n) is 5.96. The maximum Gasteiger partial charge on any atom is 0.247 e. The summed E-state index contributed by atoms with van der Waals surface area (Å²) in [7, 11) is 0. The molecule has 1 aromatic rings. The maximum atomic E-state index is 12.3. The minimum absolute atomic E-state index is 0.0415. The van der Waals surface area contributed by atoms with Crippen molar-refractivity contribution in [2.45, 2.75) is 38.6 Å². The zero-order chi connectivity index (χ0) is 15.5. The number of aromatic nitrogens is 1. The fraction of sp³-hybridized carbons (Fsp3) is 0.562. The molecule has 118 valence electrons. The highest BCUT2D eigenvalue weighted by Crippen LogP contribution is 2.21. The van der Waals surface area contributed by atoms with Crippen LogP contribution in [0.4, 0.5) is 11.5 Å². The Kier molecular flexibility index (Phi) is 4.27. The Hall–Kier alpha value is -2.11. The third-order valence-electron chi connectivity index (χ3n) is 4.41. The van der Waals surface area contributed by atoms with Crippen LogP contribution in [-0.4, -0.2) is 47.4 Å². The van der Waals surface area contributed by atoms with Crippen LogP contribution < -0.4 is 10.2 Å². The maximum absolute atomic E-state index is 12.3. The summed E-state index contributed by atoms with van der Waals surface area (Å²) in [6, 6.07) is 3.47. The summed E-state index contributed by atoms with van der Waals surface area (Å²) in [5, 5.41) is 2.87. The van der Waals surface area contributed by atoms with E-state index in [0.29, 0.717) is 12.2 Å². The van der Waals surface area contributed by atoms with E-state index in [-0.39, 0.29) is 17.9 Å². The number of nitrogens with one attached hydrogen (secondary N) is 1. The predicted molar refractivity (Wildman–Crippen MR) is 84.7 cm³/mol. The average molecular weight is 302 g/mol. The van der Waals surface area contributed by atoms with Gasteiger partial charge in [0.05, 0.1) is 11.9 Å². The number of hydrogen-bond acceptors (Lipinski definition) is 4. The Morgan fingerprint density at radius 3 is 2.59 bits per heavy atom. The first-order chi connectivity index (χ1) is 10.6. The van der Waals surface area contributed by atoms with E-state index < -0.39 is 0 Å². The molecule has 2 aliphatic rings. The highest BCUT2D eigenvalue weighted by atomic mass is 16.2. The molecular weight excluding hydrogens is 280 g/mol. The van der Waals surface area contributed by atoms with Gasteiger partial charge < -0.3 is 15.1 Å². The van der Waals surface area contributed by atoms with Crippen molar-refractivity contribution >= 4 is 23.3 Å². The lowest BCUT2D eigenvalue weighted by Gasteiger charge is -2.22. The summed E-state index contributed by atoms with van der Waals surface area (Å²) < 4.78 is 0. The molecule has 6 nitrogen and oxygen atoms in total. The van der Waals surface area contributed by atoms with Crippen LogP contribution in [0, 0.1) is 0 Å². The Bertz CT molecular complexity index is 552. The molecule has 0 unspecified atom stereocenters.